The van der Waals surface area contributed by atoms with Crippen molar-refractivity contribution in [3.05, 3.63) is 0 Å². The first-order chi connectivity index (χ1) is 5.45. The molecule has 0 rings (SSSR count). The highest BCUT2D eigenvalue weighted by molar-refractivity contribution is 5.74. The predicted molar refractivity (Wildman–Crippen MR) is 47.5 cm³/mol. The average Bonchev–Trinajstić information content (AvgIpc) is 1.84. The van der Waals surface area contributed by atoms with Crippen LogP contribution in [0.2, 0.25) is 0 Å². The summed E-state index contributed by atoms with van der Waals surface area (Å²) >= 11 is 0. The van der Waals surface area contributed by atoms with Crippen molar-refractivity contribution in [2.75, 3.05) is 13.7 Å². The summed E-state index contributed by atoms with van der Waals surface area (Å²) in [6, 6.07) is 0. The number of carbonyl (C=O) groups excluding carboxylic acids is 1. The third kappa shape index (κ3) is 7.50. The predicted octanol–water partition coefficient (Wildman–Crippen LogP) is 0.442. The summed E-state index contributed by atoms with van der Waals surface area (Å²) in [6.45, 7) is 6.84. The van der Waals surface area contributed by atoms with E-state index in [2.05, 4.69) is 36.4 Å². The molecule has 0 aromatic heterocycles. The Morgan fingerprint density at radius 3 is 2.42 bits per heavy atom. The third-order valence-electron chi connectivity index (χ3n) is 1.22. The Balaban J connectivity index is 3.37. The Kier molecular flexibility index (Phi) is 4.85. The summed E-state index contributed by atoms with van der Waals surface area (Å²) < 4.78 is 0. The Bertz CT molecular complexity index is 140. The van der Waals surface area contributed by atoms with Crippen molar-refractivity contribution in [1.82, 2.24) is 10.8 Å². The lowest BCUT2D eigenvalue weighted by molar-refractivity contribution is -0.131. The minimum atomic E-state index is -0.103. The van der Waals surface area contributed by atoms with Gasteiger partial charge in [0, 0.05) is 18.5 Å². The van der Waals surface area contributed by atoms with E-state index in [1.54, 1.807) is 0 Å². The van der Waals surface area contributed by atoms with Crippen LogP contribution in [0, 0.1) is 0 Å². The normalized spacial score (nSPS) is 11.3. The highest BCUT2D eigenvalue weighted by Gasteiger charge is 2.08. The number of rotatable bonds is 4. The first-order valence-electron chi connectivity index (χ1n) is 4.02. The van der Waals surface area contributed by atoms with Crippen molar-refractivity contribution in [1.29, 1.82) is 0 Å². The largest absolute Gasteiger partial charge is 0.312 e. The molecule has 0 saturated heterocycles. The summed E-state index contributed by atoms with van der Waals surface area (Å²) in [5.41, 5.74) is 2.32. The van der Waals surface area contributed by atoms with Crippen molar-refractivity contribution in [2.24, 2.45) is 0 Å². The van der Waals surface area contributed by atoms with Gasteiger partial charge in [0.05, 0.1) is 7.11 Å². The van der Waals surface area contributed by atoms with E-state index in [0.29, 0.717) is 13.0 Å². The average molecular weight is 174 g/mol. The van der Waals surface area contributed by atoms with Crippen molar-refractivity contribution in [3.63, 3.8) is 0 Å². The first-order valence-corrected chi connectivity index (χ1v) is 4.02. The van der Waals surface area contributed by atoms with Gasteiger partial charge < -0.3 is 5.32 Å². The van der Waals surface area contributed by atoms with E-state index in [9.17, 15) is 4.79 Å². The SMILES string of the molecule is CONC(=O)CCNC(C)(C)C. The number of carbonyl (C=O) groups is 1. The monoisotopic (exact) mass is 174 g/mol. The van der Waals surface area contributed by atoms with Gasteiger partial charge in [-0.05, 0) is 20.8 Å². The zero-order valence-corrected chi connectivity index (χ0v) is 8.23. The van der Waals surface area contributed by atoms with Crippen molar-refractivity contribution < 1.29 is 9.63 Å². The Morgan fingerprint density at radius 2 is 2.00 bits per heavy atom. The number of amides is 1. The fourth-order valence-corrected chi connectivity index (χ4v) is 0.716. The summed E-state index contributed by atoms with van der Waals surface area (Å²) in [4.78, 5) is 15.3. The van der Waals surface area contributed by atoms with E-state index in [4.69, 9.17) is 0 Å². The second kappa shape index (κ2) is 5.11. The van der Waals surface area contributed by atoms with Crippen molar-refractivity contribution in [2.45, 2.75) is 32.7 Å². The molecule has 4 heteroatoms. The lowest BCUT2D eigenvalue weighted by atomic mass is 10.1. The molecule has 0 radical (unpaired) electrons. The van der Waals surface area contributed by atoms with Gasteiger partial charge in [-0.3, -0.25) is 9.63 Å². The fraction of sp³-hybridized carbons (Fsp3) is 0.875. The van der Waals surface area contributed by atoms with E-state index in [-0.39, 0.29) is 11.4 Å². The van der Waals surface area contributed by atoms with Crippen LogP contribution in [-0.4, -0.2) is 25.1 Å². The molecule has 0 bridgehead atoms. The highest BCUT2D eigenvalue weighted by Crippen LogP contribution is 1.97. The Labute approximate surface area is 73.6 Å². The molecule has 0 saturated carbocycles. The van der Waals surface area contributed by atoms with Crippen LogP contribution in [0.5, 0.6) is 0 Å². The maximum absolute atomic E-state index is 10.9. The standard InChI is InChI=1S/C8H18N2O2/c1-8(2,3)9-6-5-7(11)10-12-4/h9H,5-6H2,1-4H3,(H,10,11). The third-order valence-corrected chi connectivity index (χ3v) is 1.22. The zero-order chi connectivity index (χ0) is 9.61. The van der Waals surface area contributed by atoms with Gasteiger partial charge >= 0.3 is 0 Å². The summed E-state index contributed by atoms with van der Waals surface area (Å²) in [5.74, 6) is -0.103. The van der Waals surface area contributed by atoms with Crippen LogP contribution in [0.15, 0.2) is 0 Å². The van der Waals surface area contributed by atoms with E-state index < -0.39 is 0 Å². The second-order valence-corrected chi connectivity index (χ2v) is 3.66. The molecule has 0 aliphatic rings. The molecule has 0 aromatic rings. The molecule has 12 heavy (non-hydrogen) atoms. The molecular formula is C8H18N2O2. The Morgan fingerprint density at radius 1 is 1.42 bits per heavy atom. The van der Waals surface area contributed by atoms with Crippen LogP contribution in [-0.2, 0) is 9.63 Å². The van der Waals surface area contributed by atoms with Gasteiger partial charge in [0.15, 0.2) is 0 Å². The molecular weight excluding hydrogens is 156 g/mol. The molecule has 0 aliphatic carbocycles. The molecule has 0 fully saturated rings. The first kappa shape index (κ1) is 11.4. The lowest BCUT2D eigenvalue weighted by Crippen LogP contribution is -2.38. The number of nitrogens with one attached hydrogen (secondary N) is 2. The minimum absolute atomic E-state index is 0.0628. The summed E-state index contributed by atoms with van der Waals surface area (Å²) in [5, 5.41) is 3.19. The number of hydrogen-bond acceptors (Lipinski definition) is 3. The van der Waals surface area contributed by atoms with E-state index >= 15 is 0 Å². The van der Waals surface area contributed by atoms with Gasteiger partial charge in [-0.1, -0.05) is 0 Å². The minimum Gasteiger partial charge on any atom is -0.312 e. The van der Waals surface area contributed by atoms with Gasteiger partial charge in [0.25, 0.3) is 0 Å². The maximum atomic E-state index is 10.9. The Hall–Kier alpha value is -0.610. The van der Waals surface area contributed by atoms with Crippen molar-refractivity contribution >= 4 is 5.91 Å². The van der Waals surface area contributed by atoms with Crippen LogP contribution in [0.4, 0.5) is 0 Å². The molecule has 1 amide bonds. The number of hydrogen-bond donors (Lipinski definition) is 2. The lowest BCUT2D eigenvalue weighted by Gasteiger charge is -2.19. The van der Waals surface area contributed by atoms with Crippen LogP contribution >= 0.6 is 0 Å². The van der Waals surface area contributed by atoms with E-state index in [0.717, 1.165) is 0 Å². The molecule has 0 spiro atoms. The van der Waals surface area contributed by atoms with Crippen LogP contribution in [0.25, 0.3) is 0 Å². The van der Waals surface area contributed by atoms with Gasteiger partial charge in [0.2, 0.25) is 5.91 Å². The van der Waals surface area contributed by atoms with Crippen LogP contribution < -0.4 is 10.8 Å². The molecule has 4 nitrogen and oxygen atoms in total. The molecule has 2 N–H and O–H groups in total. The van der Waals surface area contributed by atoms with Gasteiger partial charge in [-0.25, -0.2) is 5.48 Å². The van der Waals surface area contributed by atoms with Gasteiger partial charge in [-0.2, -0.15) is 0 Å². The number of hydroxylamine groups is 1. The summed E-state index contributed by atoms with van der Waals surface area (Å²) in [6.07, 6.45) is 0.436. The van der Waals surface area contributed by atoms with E-state index in [1.807, 2.05) is 0 Å². The van der Waals surface area contributed by atoms with Gasteiger partial charge in [-0.15, -0.1) is 0 Å². The molecule has 0 heterocycles. The van der Waals surface area contributed by atoms with Crippen molar-refractivity contribution in [3.8, 4) is 0 Å². The van der Waals surface area contributed by atoms with Crippen LogP contribution in [0.3, 0.4) is 0 Å². The maximum Gasteiger partial charge on any atom is 0.244 e. The zero-order valence-electron chi connectivity index (χ0n) is 8.23. The second-order valence-electron chi connectivity index (χ2n) is 3.66. The smallest absolute Gasteiger partial charge is 0.244 e. The molecule has 0 atom stereocenters. The van der Waals surface area contributed by atoms with Gasteiger partial charge in [0.1, 0.15) is 0 Å². The highest BCUT2D eigenvalue weighted by atomic mass is 16.6. The topological polar surface area (TPSA) is 50.4 Å². The van der Waals surface area contributed by atoms with Crippen LogP contribution in [0.1, 0.15) is 27.2 Å². The quantitative estimate of drug-likeness (QED) is 0.608. The molecule has 72 valence electrons. The fourth-order valence-electron chi connectivity index (χ4n) is 0.716. The molecule has 0 unspecified atom stereocenters. The van der Waals surface area contributed by atoms with E-state index in [1.165, 1.54) is 7.11 Å². The molecule has 0 aliphatic heterocycles. The molecule has 0 aromatic carbocycles. The summed E-state index contributed by atoms with van der Waals surface area (Å²) in [7, 11) is 1.43.